The number of hydrogen-bond acceptors (Lipinski definition) is 3. The van der Waals surface area contributed by atoms with E-state index in [2.05, 4.69) is 10.4 Å². The van der Waals surface area contributed by atoms with Crippen LogP contribution in [0.3, 0.4) is 0 Å². The molecule has 3 rings (SSSR count). The Kier molecular flexibility index (Phi) is 3.72. The zero-order valence-corrected chi connectivity index (χ0v) is 12.3. The van der Waals surface area contributed by atoms with Crippen molar-refractivity contribution in [3.8, 4) is 11.3 Å². The van der Waals surface area contributed by atoms with Crippen LogP contribution in [0.1, 0.15) is 10.6 Å². The van der Waals surface area contributed by atoms with E-state index >= 15 is 0 Å². The van der Waals surface area contributed by atoms with Gasteiger partial charge < -0.3 is 5.73 Å². The molecular weight excluding hydrogens is 288 g/mol. The monoisotopic (exact) mass is 300 g/mol. The number of hydrogen-bond donors (Lipinski definition) is 1. The second-order valence-corrected chi connectivity index (χ2v) is 5.93. The standard InChI is InChI=1S/C16H13ClN2S/c17-13-5-3-12(4-6-13)15-10-20-16(19-15)9-11-1-7-14(18)8-2-11/h1-8,10H,9,18H2. The third-order valence-corrected chi connectivity index (χ3v) is 4.13. The molecule has 0 fully saturated rings. The van der Waals surface area contributed by atoms with Gasteiger partial charge in [0.05, 0.1) is 10.7 Å². The minimum Gasteiger partial charge on any atom is -0.399 e. The number of aromatic nitrogens is 1. The Bertz CT molecular complexity index is 702. The maximum atomic E-state index is 5.90. The van der Waals surface area contributed by atoms with E-state index in [1.165, 1.54) is 5.56 Å². The number of halogens is 1. The van der Waals surface area contributed by atoms with Gasteiger partial charge in [-0.25, -0.2) is 4.98 Å². The third-order valence-electron chi connectivity index (χ3n) is 3.03. The highest BCUT2D eigenvalue weighted by Gasteiger charge is 2.05. The van der Waals surface area contributed by atoms with Gasteiger partial charge in [0, 0.05) is 28.1 Å². The zero-order valence-electron chi connectivity index (χ0n) is 10.7. The van der Waals surface area contributed by atoms with Crippen molar-refractivity contribution in [2.24, 2.45) is 0 Å². The third kappa shape index (κ3) is 3.00. The lowest BCUT2D eigenvalue weighted by molar-refractivity contribution is 1.14. The van der Waals surface area contributed by atoms with Gasteiger partial charge in [0.2, 0.25) is 0 Å². The summed E-state index contributed by atoms with van der Waals surface area (Å²) in [5.41, 5.74) is 9.78. The van der Waals surface area contributed by atoms with E-state index < -0.39 is 0 Å². The molecule has 0 saturated carbocycles. The smallest absolute Gasteiger partial charge is 0.0976 e. The molecule has 0 radical (unpaired) electrons. The molecular formula is C16H13ClN2S. The second kappa shape index (κ2) is 5.65. The maximum Gasteiger partial charge on any atom is 0.0976 e. The van der Waals surface area contributed by atoms with Crippen LogP contribution in [0, 0.1) is 0 Å². The number of rotatable bonds is 3. The Hall–Kier alpha value is -1.84. The van der Waals surface area contributed by atoms with Crippen molar-refractivity contribution in [3.05, 3.63) is 69.5 Å². The van der Waals surface area contributed by atoms with Gasteiger partial charge in [0.1, 0.15) is 0 Å². The molecule has 20 heavy (non-hydrogen) atoms. The van der Waals surface area contributed by atoms with Crippen molar-refractivity contribution in [1.82, 2.24) is 4.98 Å². The normalized spacial score (nSPS) is 10.7. The molecule has 2 nitrogen and oxygen atoms in total. The molecule has 0 bridgehead atoms. The van der Waals surface area contributed by atoms with Crippen LogP contribution in [0.2, 0.25) is 5.02 Å². The number of nitrogens with two attached hydrogens (primary N) is 1. The predicted molar refractivity (Wildman–Crippen MR) is 86.2 cm³/mol. The fraction of sp³-hybridized carbons (Fsp3) is 0.0625. The first kappa shape index (κ1) is 13.2. The molecule has 3 aromatic rings. The number of thiazole rings is 1. The van der Waals surface area contributed by atoms with E-state index in [4.69, 9.17) is 17.3 Å². The molecule has 0 unspecified atom stereocenters. The largest absolute Gasteiger partial charge is 0.399 e. The molecule has 100 valence electrons. The van der Waals surface area contributed by atoms with Crippen molar-refractivity contribution < 1.29 is 0 Å². The van der Waals surface area contributed by atoms with Gasteiger partial charge in [-0.1, -0.05) is 35.9 Å². The fourth-order valence-corrected chi connectivity index (χ4v) is 2.92. The lowest BCUT2D eigenvalue weighted by Crippen LogP contribution is -1.89. The molecule has 0 spiro atoms. The van der Waals surface area contributed by atoms with Crippen molar-refractivity contribution >= 4 is 28.6 Å². The molecule has 0 aliphatic rings. The first-order chi connectivity index (χ1) is 9.70. The molecule has 1 heterocycles. The van der Waals surface area contributed by atoms with Crippen LogP contribution in [0.15, 0.2) is 53.9 Å². The summed E-state index contributed by atoms with van der Waals surface area (Å²) in [6.07, 6.45) is 0.832. The van der Waals surface area contributed by atoms with Crippen LogP contribution < -0.4 is 5.73 Å². The fourth-order valence-electron chi connectivity index (χ4n) is 1.96. The van der Waals surface area contributed by atoms with Crippen LogP contribution in [-0.2, 0) is 6.42 Å². The molecule has 1 aromatic heterocycles. The molecule has 0 aliphatic heterocycles. The highest BCUT2D eigenvalue weighted by Crippen LogP contribution is 2.24. The highest BCUT2D eigenvalue weighted by atomic mass is 35.5. The van der Waals surface area contributed by atoms with Gasteiger partial charge >= 0.3 is 0 Å². The van der Waals surface area contributed by atoms with Crippen LogP contribution in [-0.4, -0.2) is 4.98 Å². The van der Waals surface area contributed by atoms with E-state index in [0.29, 0.717) is 0 Å². The molecule has 0 aliphatic carbocycles. The minimum atomic E-state index is 0.742. The summed E-state index contributed by atoms with van der Waals surface area (Å²) in [6.45, 7) is 0. The average molecular weight is 301 g/mol. The Morgan fingerprint density at radius 3 is 2.40 bits per heavy atom. The van der Waals surface area contributed by atoms with Crippen molar-refractivity contribution in [2.45, 2.75) is 6.42 Å². The van der Waals surface area contributed by atoms with Crippen molar-refractivity contribution in [1.29, 1.82) is 0 Å². The van der Waals surface area contributed by atoms with E-state index in [9.17, 15) is 0 Å². The average Bonchev–Trinajstić information content (AvgIpc) is 2.91. The molecule has 2 N–H and O–H groups in total. The van der Waals surface area contributed by atoms with Gasteiger partial charge in [-0.2, -0.15) is 0 Å². The summed E-state index contributed by atoms with van der Waals surface area (Å²) in [5.74, 6) is 0. The maximum absolute atomic E-state index is 5.90. The zero-order chi connectivity index (χ0) is 13.9. The number of anilines is 1. The van der Waals surface area contributed by atoms with Crippen LogP contribution in [0.25, 0.3) is 11.3 Å². The summed E-state index contributed by atoms with van der Waals surface area (Å²) >= 11 is 7.57. The van der Waals surface area contributed by atoms with E-state index in [-0.39, 0.29) is 0 Å². The summed E-state index contributed by atoms with van der Waals surface area (Å²) in [5, 5.41) is 3.92. The van der Waals surface area contributed by atoms with Crippen LogP contribution in [0.4, 0.5) is 5.69 Å². The van der Waals surface area contributed by atoms with Gasteiger partial charge in [0.15, 0.2) is 0 Å². The lowest BCUT2D eigenvalue weighted by atomic mass is 10.1. The topological polar surface area (TPSA) is 38.9 Å². The second-order valence-electron chi connectivity index (χ2n) is 4.55. The van der Waals surface area contributed by atoms with Gasteiger partial charge in [0.25, 0.3) is 0 Å². The van der Waals surface area contributed by atoms with E-state index in [1.54, 1.807) is 11.3 Å². The summed E-state index contributed by atoms with van der Waals surface area (Å²) in [7, 11) is 0. The number of nitrogen functional groups attached to an aromatic ring is 1. The summed E-state index contributed by atoms with van der Waals surface area (Å²) in [4.78, 5) is 4.67. The van der Waals surface area contributed by atoms with Crippen LogP contribution in [0.5, 0.6) is 0 Å². The van der Waals surface area contributed by atoms with Crippen molar-refractivity contribution in [3.63, 3.8) is 0 Å². The summed E-state index contributed by atoms with van der Waals surface area (Å²) in [6, 6.07) is 15.7. The van der Waals surface area contributed by atoms with Gasteiger partial charge in [-0.15, -0.1) is 11.3 Å². The Morgan fingerprint density at radius 1 is 1.00 bits per heavy atom. The predicted octanol–water partition coefficient (Wildman–Crippen LogP) is 4.64. The van der Waals surface area contributed by atoms with Gasteiger partial charge in [-0.05, 0) is 29.8 Å². The molecule has 4 heteroatoms. The number of benzene rings is 2. The Labute approximate surface area is 126 Å². The molecule has 2 aromatic carbocycles. The quantitative estimate of drug-likeness (QED) is 0.716. The molecule has 0 saturated heterocycles. The van der Waals surface area contributed by atoms with Gasteiger partial charge in [-0.3, -0.25) is 0 Å². The first-order valence-corrected chi connectivity index (χ1v) is 7.51. The Morgan fingerprint density at radius 2 is 1.70 bits per heavy atom. The number of nitrogens with zero attached hydrogens (tertiary/aromatic N) is 1. The molecule has 0 atom stereocenters. The SMILES string of the molecule is Nc1ccc(Cc2nc(-c3ccc(Cl)cc3)cs2)cc1. The summed E-state index contributed by atoms with van der Waals surface area (Å²) < 4.78 is 0. The highest BCUT2D eigenvalue weighted by molar-refractivity contribution is 7.10. The molecule has 0 amide bonds. The Balaban J connectivity index is 1.80. The lowest BCUT2D eigenvalue weighted by Gasteiger charge is -1.99. The van der Waals surface area contributed by atoms with E-state index in [1.807, 2.05) is 48.5 Å². The van der Waals surface area contributed by atoms with E-state index in [0.717, 1.165) is 33.4 Å². The first-order valence-electron chi connectivity index (χ1n) is 6.25. The van der Waals surface area contributed by atoms with Crippen molar-refractivity contribution in [2.75, 3.05) is 5.73 Å². The van der Waals surface area contributed by atoms with Crippen LogP contribution >= 0.6 is 22.9 Å². The minimum absolute atomic E-state index is 0.742.